The van der Waals surface area contributed by atoms with E-state index < -0.39 is 5.60 Å². The molecule has 31 heavy (non-hydrogen) atoms. The highest BCUT2D eigenvalue weighted by molar-refractivity contribution is 6.21. The Morgan fingerprint density at radius 3 is 2.45 bits per heavy atom. The predicted molar refractivity (Wildman–Crippen MR) is 123 cm³/mol. The van der Waals surface area contributed by atoms with Crippen molar-refractivity contribution in [2.75, 3.05) is 6.54 Å². The van der Waals surface area contributed by atoms with E-state index in [1.54, 1.807) is 12.1 Å². The molecule has 0 aromatic heterocycles. The normalized spacial score (nSPS) is 29.5. The van der Waals surface area contributed by atoms with Crippen molar-refractivity contribution in [3.05, 3.63) is 47.0 Å². The van der Waals surface area contributed by atoms with Crippen LogP contribution in [0.15, 0.2) is 35.9 Å². The Hall–Kier alpha value is -1.94. The van der Waals surface area contributed by atoms with E-state index in [-0.39, 0.29) is 11.8 Å². The first kappa shape index (κ1) is 22.3. The van der Waals surface area contributed by atoms with Crippen LogP contribution in [0.1, 0.15) is 99.3 Å². The largest absolute Gasteiger partial charge is 0.390 e. The molecule has 2 aliphatic carbocycles. The maximum absolute atomic E-state index is 12.7. The minimum Gasteiger partial charge on any atom is -0.390 e. The first-order valence-corrected chi connectivity index (χ1v) is 12.1. The third kappa shape index (κ3) is 4.37. The number of amides is 2. The summed E-state index contributed by atoms with van der Waals surface area (Å²) in [6.45, 7) is 6.66. The van der Waals surface area contributed by atoms with Crippen molar-refractivity contribution in [2.45, 2.75) is 84.2 Å². The Morgan fingerprint density at radius 2 is 1.81 bits per heavy atom. The minimum atomic E-state index is -0.563. The average molecular weight is 424 g/mol. The van der Waals surface area contributed by atoms with Gasteiger partial charge in [-0.15, -0.1) is 0 Å². The smallest absolute Gasteiger partial charge is 0.261 e. The monoisotopic (exact) mass is 423 g/mol. The van der Waals surface area contributed by atoms with Gasteiger partial charge in [-0.1, -0.05) is 43.5 Å². The second kappa shape index (κ2) is 8.54. The van der Waals surface area contributed by atoms with E-state index in [1.165, 1.54) is 49.0 Å². The van der Waals surface area contributed by atoms with Gasteiger partial charge in [0, 0.05) is 6.54 Å². The molecule has 4 heteroatoms. The average Bonchev–Trinajstić information content (AvgIpc) is 3.18. The molecule has 1 aromatic carbocycles. The van der Waals surface area contributed by atoms with Crippen molar-refractivity contribution >= 4 is 11.8 Å². The molecule has 168 valence electrons. The number of unbranched alkanes of at least 4 members (excludes halogenated alkanes) is 1. The highest BCUT2D eigenvalue weighted by atomic mass is 16.3. The number of carbonyl (C=O) groups excluding carboxylic acids is 2. The van der Waals surface area contributed by atoms with Gasteiger partial charge in [-0.25, -0.2) is 0 Å². The fourth-order valence-electron chi connectivity index (χ4n) is 6.43. The summed E-state index contributed by atoms with van der Waals surface area (Å²) in [5.74, 6) is 0.997. The molecule has 3 aliphatic rings. The highest BCUT2D eigenvalue weighted by Crippen LogP contribution is 2.58. The van der Waals surface area contributed by atoms with E-state index in [0.717, 1.165) is 25.2 Å². The molecule has 1 N–H and O–H groups in total. The zero-order valence-electron chi connectivity index (χ0n) is 19.3. The van der Waals surface area contributed by atoms with Crippen LogP contribution in [0.4, 0.5) is 0 Å². The molecule has 1 aliphatic heterocycles. The fourth-order valence-corrected chi connectivity index (χ4v) is 6.43. The molecule has 2 amide bonds. The number of aliphatic hydroxyl groups is 1. The maximum Gasteiger partial charge on any atom is 0.261 e. The molecule has 2 saturated carbocycles. The number of imide groups is 1. The highest BCUT2D eigenvalue weighted by Gasteiger charge is 2.48. The lowest BCUT2D eigenvalue weighted by Gasteiger charge is -2.42. The quantitative estimate of drug-likeness (QED) is 0.345. The number of hydrogen-bond acceptors (Lipinski definition) is 3. The third-order valence-corrected chi connectivity index (χ3v) is 8.17. The summed E-state index contributed by atoms with van der Waals surface area (Å²) in [5, 5.41) is 9.97. The van der Waals surface area contributed by atoms with Crippen LogP contribution in [-0.4, -0.2) is 34.0 Å². The number of allylic oxidation sites excluding steroid dienone is 1. The molecule has 2 fully saturated rings. The molecule has 0 saturated heterocycles. The molecule has 4 nitrogen and oxygen atoms in total. The summed E-state index contributed by atoms with van der Waals surface area (Å²) in [4.78, 5) is 26.8. The van der Waals surface area contributed by atoms with E-state index in [9.17, 15) is 14.7 Å². The Balaban J connectivity index is 1.40. The van der Waals surface area contributed by atoms with Crippen molar-refractivity contribution in [3.8, 4) is 0 Å². The van der Waals surface area contributed by atoms with E-state index in [2.05, 4.69) is 13.0 Å². The zero-order chi connectivity index (χ0) is 22.2. The van der Waals surface area contributed by atoms with Crippen LogP contribution in [0.2, 0.25) is 0 Å². The van der Waals surface area contributed by atoms with Crippen LogP contribution in [-0.2, 0) is 0 Å². The van der Waals surface area contributed by atoms with E-state index in [4.69, 9.17) is 0 Å². The summed E-state index contributed by atoms with van der Waals surface area (Å²) < 4.78 is 0. The van der Waals surface area contributed by atoms with Gasteiger partial charge in [-0.05, 0) is 88.2 Å². The van der Waals surface area contributed by atoms with Crippen LogP contribution in [0, 0.1) is 17.3 Å². The lowest BCUT2D eigenvalue weighted by Crippen LogP contribution is -2.34. The molecule has 3 atom stereocenters. The van der Waals surface area contributed by atoms with Gasteiger partial charge in [-0.3, -0.25) is 14.5 Å². The van der Waals surface area contributed by atoms with Crippen molar-refractivity contribution in [1.29, 1.82) is 0 Å². The number of nitrogens with zero attached hydrogens (tertiary/aromatic N) is 1. The SMILES string of the molecule is CC(C)(O)CCCCC1CCC2/C(=C/CN3C(=O)c4ccccc4C3=O)CCCC12C. The molecule has 1 aromatic rings. The van der Waals surface area contributed by atoms with Gasteiger partial charge in [0.25, 0.3) is 11.8 Å². The van der Waals surface area contributed by atoms with E-state index in [0.29, 0.717) is 29.0 Å². The molecule has 1 heterocycles. The minimum absolute atomic E-state index is 0.160. The molecular formula is C27H37NO3. The van der Waals surface area contributed by atoms with E-state index >= 15 is 0 Å². The second-order valence-electron chi connectivity index (χ2n) is 10.8. The lowest BCUT2D eigenvalue weighted by atomic mass is 9.62. The van der Waals surface area contributed by atoms with Crippen molar-refractivity contribution < 1.29 is 14.7 Å². The summed E-state index contributed by atoms with van der Waals surface area (Å²) in [6.07, 6.45) is 12.6. The standard InChI is InChI=1S/C27H37NO3/c1-26(2,31)16-7-6-10-20-13-14-23-19(9-8-17-27(20,23)3)15-18-28-24(29)21-11-4-5-12-22(21)25(28)30/h4-5,11-12,15,20,23,31H,6-10,13-14,16-18H2,1-3H3/b19-15+. The van der Waals surface area contributed by atoms with Gasteiger partial charge in [0.05, 0.1) is 16.7 Å². The Labute approximate surface area is 186 Å². The Bertz CT molecular complexity index is 846. The second-order valence-corrected chi connectivity index (χ2v) is 10.8. The van der Waals surface area contributed by atoms with Crippen LogP contribution < -0.4 is 0 Å². The summed E-state index contributed by atoms with van der Waals surface area (Å²) in [5.41, 5.74) is 2.30. The number of hydrogen-bond donors (Lipinski definition) is 1. The number of benzene rings is 1. The van der Waals surface area contributed by atoms with Gasteiger partial charge >= 0.3 is 0 Å². The van der Waals surface area contributed by atoms with Crippen molar-refractivity contribution in [2.24, 2.45) is 17.3 Å². The summed E-state index contributed by atoms with van der Waals surface area (Å²) >= 11 is 0. The summed E-state index contributed by atoms with van der Waals surface area (Å²) in [7, 11) is 0. The number of fused-ring (bicyclic) bond motifs is 2. The van der Waals surface area contributed by atoms with Gasteiger partial charge in [-0.2, -0.15) is 0 Å². The number of carbonyl (C=O) groups is 2. The first-order valence-electron chi connectivity index (χ1n) is 12.1. The zero-order valence-corrected chi connectivity index (χ0v) is 19.3. The van der Waals surface area contributed by atoms with Crippen LogP contribution in [0.3, 0.4) is 0 Å². The van der Waals surface area contributed by atoms with E-state index in [1.807, 2.05) is 26.0 Å². The Kier molecular flexibility index (Phi) is 6.13. The molecule has 4 rings (SSSR count). The van der Waals surface area contributed by atoms with Gasteiger partial charge in [0.15, 0.2) is 0 Å². The van der Waals surface area contributed by atoms with Gasteiger partial charge in [0.1, 0.15) is 0 Å². The molecular weight excluding hydrogens is 386 g/mol. The third-order valence-electron chi connectivity index (χ3n) is 8.17. The first-order chi connectivity index (χ1) is 14.7. The van der Waals surface area contributed by atoms with Crippen LogP contribution in [0.25, 0.3) is 0 Å². The van der Waals surface area contributed by atoms with Crippen molar-refractivity contribution in [1.82, 2.24) is 4.90 Å². The molecule has 0 spiro atoms. The lowest BCUT2D eigenvalue weighted by molar-refractivity contribution is 0.0657. The summed E-state index contributed by atoms with van der Waals surface area (Å²) in [6, 6.07) is 7.14. The van der Waals surface area contributed by atoms with Crippen LogP contribution >= 0.6 is 0 Å². The molecule has 0 bridgehead atoms. The molecule has 3 unspecified atom stereocenters. The van der Waals surface area contributed by atoms with Gasteiger partial charge < -0.3 is 5.11 Å². The maximum atomic E-state index is 12.7. The van der Waals surface area contributed by atoms with Gasteiger partial charge in [0.2, 0.25) is 0 Å². The molecule has 0 radical (unpaired) electrons. The Morgan fingerprint density at radius 1 is 1.13 bits per heavy atom. The van der Waals surface area contributed by atoms with Crippen LogP contribution in [0.5, 0.6) is 0 Å². The van der Waals surface area contributed by atoms with Crippen molar-refractivity contribution in [3.63, 3.8) is 0 Å². The number of rotatable bonds is 7. The fraction of sp³-hybridized carbons (Fsp3) is 0.630. The topological polar surface area (TPSA) is 57.6 Å². The predicted octanol–water partition coefficient (Wildman–Crippen LogP) is 5.76.